The molecule has 1 aliphatic rings. The van der Waals surface area contributed by atoms with E-state index in [9.17, 15) is 14.7 Å². The highest BCUT2D eigenvalue weighted by Crippen LogP contribution is 2.22. The summed E-state index contributed by atoms with van der Waals surface area (Å²) < 4.78 is 0. The van der Waals surface area contributed by atoms with Crippen molar-refractivity contribution >= 4 is 17.8 Å². The number of Topliss-reactive ketones (excluding diaryl/α,β-unsaturated/α-hetero) is 1. The zero-order valence-corrected chi connectivity index (χ0v) is 11.7. The number of ketones is 1. The van der Waals surface area contributed by atoms with Gasteiger partial charge in [-0.3, -0.25) is 9.59 Å². The Kier molecular flexibility index (Phi) is 3.74. The van der Waals surface area contributed by atoms with Crippen molar-refractivity contribution in [3.05, 3.63) is 52.4 Å². The van der Waals surface area contributed by atoms with Crippen LogP contribution in [0.5, 0.6) is 0 Å². The number of nitrogens with one attached hydrogen (secondary N) is 1. The lowest BCUT2D eigenvalue weighted by Crippen LogP contribution is -2.18. The standard InChI is InChI=1S/C16H17NO3/c1-9(2)12-6-4-11(5-7-12)8-13-15(19)14(10(3)18)16(20)17-13/h4-9,19H,1-3H3,(H,17,20)/b13-8+. The van der Waals surface area contributed by atoms with Crippen LogP contribution in [0.2, 0.25) is 0 Å². The lowest BCUT2D eigenvalue weighted by Gasteiger charge is -2.05. The van der Waals surface area contributed by atoms with Crippen molar-refractivity contribution in [1.82, 2.24) is 5.32 Å². The second kappa shape index (κ2) is 5.33. The molecule has 4 heteroatoms. The van der Waals surface area contributed by atoms with Gasteiger partial charge in [-0.2, -0.15) is 0 Å². The number of benzene rings is 1. The summed E-state index contributed by atoms with van der Waals surface area (Å²) in [6.45, 7) is 5.47. The van der Waals surface area contributed by atoms with E-state index in [1.54, 1.807) is 6.08 Å². The van der Waals surface area contributed by atoms with Crippen LogP contribution >= 0.6 is 0 Å². The van der Waals surface area contributed by atoms with Crippen LogP contribution in [0.3, 0.4) is 0 Å². The Morgan fingerprint density at radius 1 is 1.25 bits per heavy atom. The number of rotatable bonds is 3. The van der Waals surface area contributed by atoms with Gasteiger partial charge in [0.1, 0.15) is 5.57 Å². The van der Waals surface area contributed by atoms with Gasteiger partial charge in [0, 0.05) is 0 Å². The van der Waals surface area contributed by atoms with E-state index >= 15 is 0 Å². The minimum Gasteiger partial charge on any atom is -0.505 e. The zero-order valence-electron chi connectivity index (χ0n) is 11.7. The van der Waals surface area contributed by atoms with Crippen molar-refractivity contribution in [3.63, 3.8) is 0 Å². The van der Waals surface area contributed by atoms with Crippen molar-refractivity contribution in [2.45, 2.75) is 26.7 Å². The molecule has 0 radical (unpaired) electrons. The second-order valence-electron chi connectivity index (χ2n) is 5.11. The zero-order chi connectivity index (χ0) is 14.9. The number of aliphatic hydroxyl groups is 1. The minimum absolute atomic E-state index is 0.185. The van der Waals surface area contributed by atoms with E-state index in [4.69, 9.17) is 0 Å². The van der Waals surface area contributed by atoms with E-state index in [1.807, 2.05) is 24.3 Å². The molecule has 0 unspecified atom stereocenters. The molecule has 2 N–H and O–H groups in total. The van der Waals surface area contributed by atoms with Crippen LogP contribution in [0, 0.1) is 0 Å². The number of hydrogen-bond donors (Lipinski definition) is 2. The summed E-state index contributed by atoms with van der Waals surface area (Å²) in [5.74, 6) is -0.838. The smallest absolute Gasteiger partial charge is 0.263 e. The lowest BCUT2D eigenvalue weighted by molar-refractivity contribution is -0.120. The molecular formula is C16H17NO3. The van der Waals surface area contributed by atoms with Crippen LogP contribution in [-0.4, -0.2) is 16.8 Å². The van der Waals surface area contributed by atoms with Crippen molar-refractivity contribution in [2.24, 2.45) is 0 Å². The molecule has 1 aliphatic heterocycles. The van der Waals surface area contributed by atoms with Gasteiger partial charge in [-0.15, -0.1) is 0 Å². The fraction of sp³-hybridized carbons (Fsp3) is 0.250. The number of amides is 1. The van der Waals surface area contributed by atoms with E-state index in [0.717, 1.165) is 5.56 Å². The summed E-state index contributed by atoms with van der Waals surface area (Å²) in [5, 5.41) is 12.4. The minimum atomic E-state index is -0.556. The molecule has 1 aromatic rings. The van der Waals surface area contributed by atoms with Gasteiger partial charge in [-0.05, 0) is 30.0 Å². The van der Waals surface area contributed by atoms with Crippen LogP contribution in [0.25, 0.3) is 6.08 Å². The first-order chi connectivity index (χ1) is 9.40. The number of aliphatic hydroxyl groups excluding tert-OH is 1. The van der Waals surface area contributed by atoms with Gasteiger partial charge >= 0.3 is 0 Å². The van der Waals surface area contributed by atoms with Crippen LogP contribution in [0.1, 0.15) is 37.8 Å². The summed E-state index contributed by atoms with van der Waals surface area (Å²) in [6.07, 6.45) is 1.65. The Bertz CT molecular complexity index is 622. The average molecular weight is 271 g/mol. The third-order valence-corrected chi connectivity index (χ3v) is 3.23. The van der Waals surface area contributed by atoms with Gasteiger partial charge in [0.25, 0.3) is 5.91 Å². The fourth-order valence-corrected chi connectivity index (χ4v) is 2.06. The lowest BCUT2D eigenvalue weighted by atomic mass is 10.0. The topological polar surface area (TPSA) is 66.4 Å². The monoisotopic (exact) mass is 271 g/mol. The summed E-state index contributed by atoms with van der Waals surface area (Å²) in [7, 11) is 0. The summed E-state index contributed by atoms with van der Waals surface area (Å²) in [6, 6.07) is 7.82. The highest BCUT2D eigenvalue weighted by Gasteiger charge is 2.29. The maximum atomic E-state index is 11.6. The van der Waals surface area contributed by atoms with E-state index in [2.05, 4.69) is 19.2 Å². The third-order valence-electron chi connectivity index (χ3n) is 3.23. The largest absolute Gasteiger partial charge is 0.505 e. The van der Waals surface area contributed by atoms with Gasteiger partial charge in [-0.25, -0.2) is 0 Å². The van der Waals surface area contributed by atoms with E-state index < -0.39 is 11.7 Å². The average Bonchev–Trinajstić information content (AvgIpc) is 2.65. The Morgan fingerprint density at radius 3 is 2.30 bits per heavy atom. The molecule has 0 spiro atoms. The molecule has 0 saturated carbocycles. The molecule has 1 aromatic carbocycles. The van der Waals surface area contributed by atoms with Crippen LogP contribution in [0.4, 0.5) is 0 Å². The second-order valence-corrected chi connectivity index (χ2v) is 5.11. The van der Waals surface area contributed by atoms with Crippen LogP contribution in [0.15, 0.2) is 41.3 Å². The highest BCUT2D eigenvalue weighted by atomic mass is 16.3. The van der Waals surface area contributed by atoms with E-state index in [0.29, 0.717) is 5.92 Å². The Morgan fingerprint density at radius 2 is 1.85 bits per heavy atom. The van der Waals surface area contributed by atoms with E-state index in [1.165, 1.54) is 12.5 Å². The molecule has 0 aliphatic carbocycles. The number of carbonyl (C=O) groups is 2. The van der Waals surface area contributed by atoms with E-state index in [-0.39, 0.29) is 17.0 Å². The van der Waals surface area contributed by atoms with Gasteiger partial charge in [0.15, 0.2) is 11.5 Å². The van der Waals surface area contributed by atoms with Crippen molar-refractivity contribution in [2.75, 3.05) is 0 Å². The molecule has 0 fully saturated rings. The normalized spacial score (nSPS) is 17.0. The molecular weight excluding hydrogens is 254 g/mol. The molecule has 0 aromatic heterocycles. The van der Waals surface area contributed by atoms with Crippen molar-refractivity contribution < 1.29 is 14.7 Å². The quantitative estimate of drug-likeness (QED) is 0.831. The summed E-state index contributed by atoms with van der Waals surface area (Å²) >= 11 is 0. The van der Waals surface area contributed by atoms with Gasteiger partial charge < -0.3 is 10.4 Å². The molecule has 0 atom stereocenters. The van der Waals surface area contributed by atoms with Gasteiger partial charge in [-0.1, -0.05) is 38.1 Å². The van der Waals surface area contributed by atoms with Crippen molar-refractivity contribution in [3.8, 4) is 0 Å². The number of hydrogen-bond acceptors (Lipinski definition) is 3. The molecule has 4 nitrogen and oxygen atoms in total. The Balaban J connectivity index is 2.33. The maximum absolute atomic E-state index is 11.6. The van der Waals surface area contributed by atoms with Crippen LogP contribution in [-0.2, 0) is 9.59 Å². The molecule has 0 bridgehead atoms. The van der Waals surface area contributed by atoms with Gasteiger partial charge in [0.05, 0.1) is 5.70 Å². The summed E-state index contributed by atoms with van der Waals surface area (Å²) in [5.41, 5.74) is 2.14. The highest BCUT2D eigenvalue weighted by molar-refractivity contribution is 6.22. The Hall–Kier alpha value is -2.36. The summed E-state index contributed by atoms with van der Waals surface area (Å²) in [4.78, 5) is 22.9. The van der Waals surface area contributed by atoms with Crippen LogP contribution < -0.4 is 5.32 Å². The number of carbonyl (C=O) groups excluding carboxylic acids is 2. The third kappa shape index (κ3) is 2.64. The first kappa shape index (κ1) is 14.1. The predicted octanol–water partition coefficient (Wildman–Crippen LogP) is 2.68. The first-order valence-electron chi connectivity index (χ1n) is 6.47. The molecule has 104 valence electrons. The van der Waals surface area contributed by atoms with Gasteiger partial charge in [0.2, 0.25) is 0 Å². The Labute approximate surface area is 117 Å². The molecule has 2 rings (SSSR count). The molecule has 1 heterocycles. The molecule has 1 amide bonds. The molecule has 0 saturated heterocycles. The van der Waals surface area contributed by atoms with Crippen molar-refractivity contribution in [1.29, 1.82) is 0 Å². The molecule has 20 heavy (non-hydrogen) atoms. The predicted molar refractivity (Wildman–Crippen MR) is 77.0 cm³/mol. The SMILES string of the molecule is CC(=O)C1=C(O)/C(=C\c2ccc(C(C)C)cc2)NC1=O. The first-order valence-corrected chi connectivity index (χ1v) is 6.47. The maximum Gasteiger partial charge on any atom is 0.263 e. The fourth-order valence-electron chi connectivity index (χ4n) is 2.06.